The summed E-state index contributed by atoms with van der Waals surface area (Å²) in [5.74, 6) is 0. The van der Waals surface area contributed by atoms with E-state index in [4.69, 9.17) is 0 Å². The van der Waals surface area contributed by atoms with E-state index < -0.39 is 21.3 Å². The predicted molar refractivity (Wildman–Crippen MR) is 260 cm³/mol. The summed E-state index contributed by atoms with van der Waals surface area (Å²) in [6.07, 6.45) is 9.18. The third-order valence-corrected chi connectivity index (χ3v) is 20.1. The first-order valence-corrected chi connectivity index (χ1v) is 24.8. The fourth-order valence-electron chi connectivity index (χ4n) is 8.40. The van der Waals surface area contributed by atoms with Crippen LogP contribution in [0.1, 0.15) is 81.3 Å². The largest absolute Gasteiger partial charge is 0.147 e. The third-order valence-electron chi connectivity index (χ3n) is 11.0. The minimum absolute atomic E-state index is 0. The molecule has 0 nitrogen and oxygen atoms in total. The summed E-state index contributed by atoms with van der Waals surface area (Å²) in [4.78, 5) is 0. The van der Waals surface area contributed by atoms with Crippen LogP contribution in [0.25, 0.3) is 33.4 Å². The second-order valence-electron chi connectivity index (χ2n) is 16.8. The van der Waals surface area contributed by atoms with Crippen LogP contribution < -0.4 is 3.27 Å². The van der Waals surface area contributed by atoms with Crippen molar-refractivity contribution in [2.45, 2.75) is 65.2 Å². The monoisotopic (exact) mass is 1070 g/mol. The Labute approximate surface area is 381 Å². The van der Waals surface area contributed by atoms with Gasteiger partial charge < -0.3 is 0 Å². The molecule has 0 heterocycles. The van der Waals surface area contributed by atoms with Gasteiger partial charge in [0, 0.05) is 0 Å². The van der Waals surface area contributed by atoms with Gasteiger partial charge in [0.25, 0.3) is 0 Å². The van der Waals surface area contributed by atoms with E-state index in [0.29, 0.717) is 0 Å². The first-order valence-electron chi connectivity index (χ1n) is 19.0. The van der Waals surface area contributed by atoms with E-state index in [1.807, 2.05) is 0 Å². The molecule has 0 N–H and O–H groups in total. The van der Waals surface area contributed by atoms with Crippen molar-refractivity contribution in [2.75, 3.05) is 0 Å². The summed E-state index contributed by atoms with van der Waals surface area (Å²) in [5, 5.41) is 0. The molecule has 0 amide bonds. The average molecular weight is 1080 g/mol. The van der Waals surface area contributed by atoms with Gasteiger partial charge in [-0.1, -0.05) is 0 Å². The van der Waals surface area contributed by atoms with Crippen molar-refractivity contribution in [2.24, 2.45) is 0 Å². The Kier molecular flexibility index (Phi) is 13.4. The van der Waals surface area contributed by atoms with Gasteiger partial charge in [0.2, 0.25) is 0 Å². The van der Waals surface area contributed by atoms with Crippen LogP contribution in [0.4, 0.5) is 0 Å². The van der Waals surface area contributed by atoms with Gasteiger partial charge in [-0.3, -0.25) is 0 Å². The Balaban J connectivity index is 0.00000266. The maximum Gasteiger partial charge on any atom is -0.147 e. The van der Waals surface area contributed by atoms with Gasteiger partial charge in [-0.2, -0.15) is 0 Å². The fourth-order valence-corrected chi connectivity index (χ4v) is 17.6. The van der Waals surface area contributed by atoms with Gasteiger partial charge in [-0.15, -0.1) is 24.8 Å². The van der Waals surface area contributed by atoms with Crippen LogP contribution in [0.5, 0.6) is 0 Å². The van der Waals surface area contributed by atoms with Gasteiger partial charge >= 0.3 is 361 Å². The average Bonchev–Trinajstić information content (AvgIpc) is 3.82. The molecule has 0 saturated carbocycles. The molecule has 6 aromatic rings. The number of rotatable bonds is 6. The molecule has 0 aliphatic heterocycles. The Morgan fingerprint density at radius 1 is 0.571 bits per heavy atom. The smallest absolute Gasteiger partial charge is 0.147 e. The molecule has 0 fully saturated rings. The van der Waals surface area contributed by atoms with Crippen molar-refractivity contribution < 1.29 is 21.3 Å². The fraction of sp³-hybridized carbons (Fsp3) is 0.196. The molecule has 6 aromatic carbocycles. The van der Waals surface area contributed by atoms with Gasteiger partial charge in [0.1, 0.15) is 0 Å². The van der Waals surface area contributed by atoms with E-state index in [0.717, 1.165) is 12.8 Å². The molecule has 0 radical (unpaired) electrons. The SMILES string of the molecule is CC(C)(C)c1cc2c(cc1-c1ccccc1)Cc1c-2cc(C(C)(C)C)c(-c2ccccc2)[c]1[Zr]([C]1=CC=CC1)=[C](c1ccc(I)cc1)c1ccc(I)cc1.Cl.Cl. The zero-order chi connectivity index (χ0) is 37.8. The summed E-state index contributed by atoms with van der Waals surface area (Å²) >= 11 is 1.87. The number of allylic oxidation sites excluding steroid dienone is 4. The molecule has 0 atom stereocenters. The van der Waals surface area contributed by atoms with Gasteiger partial charge in [0.05, 0.1) is 0 Å². The zero-order valence-electron chi connectivity index (χ0n) is 32.8. The number of hydrogen-bond donors (Lipinski definition) is 0. The van der Waals surface area contributed by atoms with Crippen LogP contribution in [0.15, 0.2) is 149 Å². The topological polar surface area (TPSA) is 0 Å². The first-order chi connectivity index (χ1) is 25.9. The minimum Gasteiger partial charge on any atom is -0.147 e. The van der Waals surface area contributed by atoms with Crippen molar-refractivity contribution in [1.29, 1.82) is 0 Å². The van der Waals surface area contributed by atoms with E-state index >= 15 is 0 Å². The van der Waals surface area contributed by atoms with Crippen LogP contribution in [-0.2, 0) is 38.5 Å². The number of hydrogen-bond acceptors (Lipinski definition) is 0. The first kappa shape index (κ1) is 43.2. The van der Waals surface area contributed by atoms with Crippen LogP contribution in [0.2, 0.25) is 0 Å². The van der Waals surface area contributed by atoms with E-state index in [1.165, 1.54) is 68.3 Å². The Morgan fingerprint density at radius 3 is 1.59 bits per heavy atom. The summed E-state index contributed by atoms with van der Waals surface area (Å²) in [7, 11) is 0. The summed E-state index contributed by atoms with van der Waals surface area (Å²) in [6.45, 7) is 14.4. The Bertz CT molecular complexity index is 2430. The molecule has 0 bridgehead atoms. The molecular formula is C51H48Cl2I2Zr. The van der Waals surface area contributed by atoms with E-state index in [9.17, 15) is 0 Å². The molecule has 8 rings (SSSR count). The molecule has 284 valence electrons. The minimum atomic E-state index is -3.04. The van der Waals surface area contributed by atoms with Crippen LogP contribution in [-0.4, -0.2) is 3.21 Å². The van der Waals surface area contributed by atoms with Gasteiger partial charge in [0.15, 0.2) is 0 Å². The molecule has 0 spiro atoms. The third kappa shape index (κ3) is 8.51. The summed E-state index contributed by atoms with van der Waals surface area (Å²) in [5.41, 5.74) is 16.9. The molecule has 0 unspecified atom stereocenters. The second kappa shape index (κ2) is 17.4. The maximum atomic E-state index is 2.61. The quantitative estimate of drug-likeness (QED) is 0.146. The van der Waals surface area contributed by atoms with Crippen LogP contribution >= 0.6 is 70.0 Å². The van der Waals surface area contributed by atoms with Gasteiger partial charge in [-0.05, 0) is 0 Å². The molecule has 2 aliphatic carbocycles. The number of benzene rings is 6. The van der Waals surface area contributed by atoms with Gasteiger partial charge in [-0.25, -0.2) is 0 Å². The second-order valence-corrected chi connectivity index (χ2v) is 25.1. The normalized spacial score (nSPS) is 13.0. The predicted octanol–water partition coefficient (Wildman–Crippen LogP) is 14.6. The standard InChI is InChI=1S/C33H33.C13H8I2.C5H5.2ClH.Zr/c1-32(2,3)30-20-26-24(18-28(30)22-13-9-7-10-14-22)17-25-19-29(23-15-11-8-12-16-23)31(21-27(25)26)33(4,5)6;14-12-5-1-10(2-6-12)9-11-3-7-13(15)8-4-11;1-2-4-5-3-1;;;/h7-16,18,20-21H,17H2,1-6H3;1-8H;1-3H,4H2;2*1H;. The molecular weight excluding hydrogens is 1030 g/mol. The van der Waals surface area contributed by atoms with Crippen LogP contribution in [0, 0.1) is 7.14 Å². The Morgan fingerprint density at radius 2 is 1.09 bits per heavy atom. The van der Waals surface area contributed by atoms with Crippen molar-refractivity contribution in [1.82, 2.24) is 0 Å². The van der Waals surface area contributed by atoms with Crippen molar-refractivity contribution in [3.8, 4) is 33.4 Å². The maximum absolute atomic E-state index is 3.04. The number of halogens is 4. The summed E-state index contributed by atoms with van der Waals surface area (Å²) < 4.78 is 7.41. The van der Waals surface area contributed by atoms with E-state index in [-0.39, 0.29) is 35.6 Å². The van der Waals surface area contributed by atoms with E-state index in [2.05, 4.69) is 232 Å². The molecule has 5 heteroatoms. The van der Waals surface area contributed by atoms with Crippen molar-refractivity contribution in [3.05, 3.63) is 189 Å². The molecule has 56 heavy (non-hydrogen) atoms. The summed E-state index contributed by atoms with van der Waals surface area (Å²) in [6, 6.07) is 48.9. The number of fused-ring (bicyclic) bond motifs is 3. The molecule has 0 saturated heterocycles. The van der Waals surface area contributed by atoms with Crippen molar-refractivity contribution in [3.63, 3.8) is 0 Å². The molecule has 2 aliphatic rings. The zero-order valence-corrected chi connectivity index (χ0v) is 41.2. The Hall–Kier alpha value is -2.41. The van der Waals surface area contributed by atoms with E-state index in [1.54, 1.807) is 15.3 Å². The van der Waals surface area contributed by atoms with Crippen molar-refractivity contribution >= 4 is 76.5 Å². The van der Waals surface area contributed by atoms with Crippen LogP contribution in [0.3, 0.4) is 0 Å². The molecule has 0 aromatic heterocycles.